The lowest BCUT2D eigenvalue weighted by Gasteiger charge is -2.06. The SMILES string of the molecule is CCOC(=O)c1c(NC(=O)NN=Cc2ccc(Cl)cc2)sc(C(C)=O)c1C. The molecule has 2 N–H and O–H groups in total. The molecule has 0 saturated carbocycles. The van der Waals surface area contributed by atoms with Crippen molar-refractivity contribution in [3.05, 3.63) is 50.9 Å². The molecule has 0 spiro atoms. The number of anilines is 1. The van der Waals surface area contributed by atoms with Crippen molar-refractivity contribution in [2.45, 2.75) is 20.8 Å². The maximum absolute atomic E-state index is 12.2. The number of Topliss-reactive ketones (excluding diaryl/α,β-unsaturated/α-hetero) is 1. The van der Waals surface area contributed by atoms with E-state index in [1.807, 2.05) is 0 Å². The van der Waals surface area contributed by atoms with Gasteiger partial charge in [-0.25, -0.2) is 15.0 Å². The van der Waals surface area contributed by atoms with Crippen LogP contribution in [0.4, 0.5) is 9.80 Å². The molecule has 142 valence electrons. The van der Waals surface area contributed by atoms with E-state index in [-0.39, 0.29) is 23.0 Å². The third-order valence-electron chi connectivity index (χ3n) is 3.42. The molecule has 0 saturated heterocycles. The highest BCUT2D eigenvalue weighted by Crippen LogP contribution is 2.34. The van der Waals surface area contributed by atoms with Crippen LogP contribution < -0.4 is 10.7 Å². The van der Waals surface area contributed by atoms with Crippen LogP contribution in [0, 0.1) is 6.92 Å². The first kappa shape index (κ1) is 20.6. The van der Waals surface area contributed by atoms with Crippen molar-refractivity contribution >= 4 is 51.9 Å². The number of urea groups is 1. The number of esters is 1. The van der Waals surface area contributed by atoms with Gasteiger partial charge in [0.05, 0.1) is 23.3 Å². The van der Waals surface area contributed by atoms with Gasteiger partial charge < -0.3 is 4.74 Å². The van der Waals surface area contributed by atoms with Crippen LogP contribution >= 0.6 is 22.9 Å². The fraction of sp³-hybridized carbons (Fsp3) is 0.222. The smallest absolute Gasteiger partial charge is 0.341 e. The zero-order valence-corrected chi connectivity index (χ0v) is 16.5. The van der Waals surface area contributed by atoms with E-state index in [4.69, 9.17) is 16.3 Å². The van der Waals surface area contributed by atoms with Crippen LogP contribution in [0.1, 0.15) is 45.0 Å². The Balaban J connectivity index is 2.14. The molecule has 1 aromatic carbocycles. The summed E-state index contributed by atoms with van der Waals surface area (Å²) in [7, 11) is 0. The zero-order chi connectivity index (χ0) is 20.0. The van der Waals surface area contributed by atoms with E-state index in [1.54, 1.807) is 38.1 Å². The second-order valence-corrected chi connectivity index (χ2v) is 6.87. The fourth-order valence-electron chi connectivity index (χ4n) is 2.23. The number of amides is 2. The quantitative estimate of drug-likeness (QED) is 0.324. The Labute approximate surface area is 165 Å². The molecule has 2 aromatic rings. The Hall–Kier alpha value is -2.71. The van der Waals surface area contributed by atoms with Crippen LogP contribution in [0.2, 0.25) is 5.02 Å². The Morgan fingerprint density at radius 2 is 1.93 bits per heavy atom. The molecular formula is C18H18ClN3O4S. The summed E-state index contributed by atoms with van der Waals surface area (Å²) in [5.41, 5.74) is 3.70. The maximum atomic E-state index is 12.2. The topological polar surface area (TPSA) is 96.9 Å². The Kier molecular flexibility index (Phi) is 7.09. The molecule has 1 aromatic heterocycles. The number of carbonyl (C=O) groups is 3. The van der Waals surface area contributed by atoms with E-state index < -0.39 is 12.0 Å². The Bertz CT molecular complexity index is 891. The third kappa shape index (κ3) is 5.38. The van der Waals surface area contributed by atoms with E-state index in [0.29, 0.717) is 15.5 Å². The predicted octanol–water partition coefficient (Wildman–Crippen LogP) is 4.24. The summed E-state index contributed by atoms with van der Waals surface area (Å²) < 4.78 is 5.02. The lowest BCUT2D eigenvalue weighted by atomic mass is 10.1. The summed E-state index contributed by atoms with van der Waals surface area (Å²) >= 11 is 6.82. The molecule has 27 heavy (non-hydrogen) atoms. The number of hydrogen-bond donors (Lipinski definition) is 2. The van der Waals surface area contributed by atoms with Gasteiger partial charge in [0.15, 0.2) is 5.78 Å². The molecule has 7 nitrogen and oxygen atoms in total. The number of benzene rings is 1. The molecule has 0 radical (unpaired) electrons. The van der Waals surface area contributed by atoms with Gasteiger partial charge in [0.2, 0.25) is 0 Å². The van der Waals surface area contributed by atoms with Gasteiger partial charge in [0, 0.05) is 5.02 Å². The van der Waals surface area contributed by atoms with Crippen LogP contribution in [0.5, 0.6) is 0 Å². The molecule has 1 heterocycles. The average Bonchev–Trinajstić information content (AvgIpc) is 2.93. The van der Waals surface area contributed by atoms with Gasteiger partial charge >= 0.3 is 12.0 Å². The van der Waals surface area contributed by atoms with Crippen molar-refractivity contribution in [2.24, 2.45) is 5.10 Å². The van der Waals surface area contributed by atoms with Crippen LogP contribution in [0.25, 0.3) is 0 Å². The highest BCUT2D eigenvalue weighted by Gasteiger charge is 2.25. The van der Waals surface area contributed by atoms with Crippen molar-refractivity contribution in [3.8, 4) is 0 Å². The Morgan fingerprint density at radius 1 is 1.26 bits per heavy atom. The number of carbonyl (C=O) groups excluding carboxylic acids is 3. The van der Waals surface area contributed by atoms with Gasteiger partial charge in [0.1, 0.15) is 5.00 Å². The second-order valence-electron chi connectivity index (χ2n) is 5.41. The maximum Gasteiger partial charge on any atom is 0.341 e. The number of ether oxygens (including phenoxy) is 1. The molecule has 0 atom stereocenters. The minimum atomic E-state index is -0.651. The number of hydrogen-bond acceptors (Lipinski definition) is 6. The van der Waals surface area contributed by atoms with Crippen molar-refractivity contribution in [3.63, 3.8) is 0 Å². The molecule has 0 fully saturated rings. The molecule has 0 aliphatic rings. The van der Waals surface area contributed by atoms with Gasteiger partial charge in [-0.2, -0.15) is 5.10 Å². The van der Waals surface area contributed by atoms with Crippen LogP contribution in [0.15, 0.2) is 29.4 Å². The standard InChI is InChI=1S/C18H18ClN3O4S/c1-4-26-17(24)14-10(2)15(11(3)23)27-16(14)21-18(25)22-20-9-12-5-7-13(19)8-6-12/h5-9H,4H2,1-3H3,(H2,21,22,25). The summed E-state index contributed by atoms with van der Waals surface area (Å²) in [6.07, 6.45) is 1.45. The van der Waals surface area contributed by atoms with E-state index in [0.717, 1.165) is 16.9 Å². The largest absolute Gasteiger partial charge is 0.462 e. The second kappa shape index (κ2) is 9.29. The van der Waals surface area contributed by atoms with Crippen LogP contribution in [-0.2, 0) is 4.74 Å². The fourth-order valence-corrected chi connectivity index (χ4v) is 3.44. The normalized spacial score (nSPS) is 10.7. The molecule has 0 bridgehead atoms. The highest BCUT2D eigenvalue weighted by atomic mass is 35.5. The minimum absolute atomic E-state index is 0.170. The summed E-state index contributed by atoms with van der Waals surface area (Å²) in [5.74, 6) is -0.795. The first-order chi connectivity index (χ1) is 12.8. The van der Waals surface area contributed by atoms with E-state index >= 15 is 0 Å². The minimum Gasteiger partial charge on any atom is -0.462 e. The molecule has 2 amide bonds. The van der Waals surface area contributed by atoms with Crippen LogP contribution in [-0.4, -0.2) is 30.6 Å². The van der Waals surface area contributed by atoms with Crippen molar-refractivity contribution in [1.29, 1.82) is 0 Å². The molecule has 0 aliphatic carbocycles. The number of ketones is 1. The molecular weight excluding hydrogens is 390 g/mol. The number of nitrogens with one attached hydrogen (secondary N) is 2. The van der Waals surface area contributed by atoms with Gasteiger partial charge in [-0.3, -0.25) is 10.1 Å². The number of rotatable bonds is 6. The molecule has 9 heteroatoms. The van der Waals surface area contributed by atoms with E-state index in [2.05, 4.69) is 15.8 Å². The molecule has 0 unspecified atom stereocenters. The number of hydrazone groups is 1. The van der Waals surface area contributed by atoms with Gasteiger partial charge in [0.25, 0.3) is 0 Å². The summed E-state index contributed by atoms with van der Waals surface area (Å²) in [5, 5.41) is 7.20. The van der Waals surface area contributed by atoms with Crippen molar-refractivity contribution < 1.29 is 19.1 Å². The van der Waals surface area contributed by atoms with Gasteiger partial charge in [-0.05, 0) is 44.0 Å². The third-order valence-corrected chi connectivity index (χ3v) is 4.98. The first-order valence-corrected chi connectivity index (χ1v) is 9.20. The van der Waals surface area contributed by atoms with E-state index in [9.17, 15) is 14.4 Å². The van der Waals surface area contributed by atoms with Gasteiger partial charge in [-0.1, -0.05) is 23.7 Å². The highest BCUT2D eigenvalue weighted by molar-refractivity contribution is 7.18. The lowest BCUT2D eigenvalue weighted by molar-refractivity contribution is 0.0527. The van der Waals surface area contributed by atoms with Crippen molar-refractivity contribution in [2.75, 3.05) is 11.9 Å². The lowest BCUT2D eigenvalue weighted by Crippen LogP contribution is -2.24. The Morgan fingerprint density at radius 3 is 2.52 bits per heavy atom. The van der Waals surface area contributed by atoms with Gasteiger partial charge in [-0.15, -0.1) is 11.3 Å². The number of halogens is 1. The summed E-state index contributed by atoms with van der Waals surface area (Å²) in [6.45, 7) is 4.90. The predicted molar refractivity (Wildman–Crippen MR) is 106 cm³/mol. The first-order valence-electron chi connectivity index (χ1n) is 8.00. The number of nitrogens with zero attached hydrogens (tertiary/aromatic N) is 1. The monoisotopic (exact) mass is 407 g/mol. The average molecular weight is 408 g/mol. The zero-order valence-electron chi connectivity index (χ0n) is 15.0. The summed E-state index contributed by atoms with van der Waals surface area (Å²) in [4.78, 5) is 36.4. The van der Waals surface area contributed by atoms with E-state index in [1.165, 1.54) is 13.1 Å². The number of thiophene rings is 1. The van der Waals surface area contributed by atoms with Crippen molar-refractivity contribution in [1.82, 2.24) is 5.43 Å². The molecule has 2 rings (SSSR count). The molecule has 0 aliphatic heterocycles. The summed E-state index contributed by atoms with van der Waals surface area (Å²) in [6, 6.07) is 6.23. The van der Waals surface area contributed by atoms with Crippen LogP contribution in [0.3, 0.4) is 0 Å².